The highest BCUT2D eigenvalue weighted by molar-refractivity contribution is 7.92. The second-order valence-electron chi connectivity index (χ2n) is 10.2. The molecule has 2 aromatic carbocycles. The number of amides is 2. The molecule has 7 nitrogen and oxygen atoms in total. The highest BCUT2D eigenvalue weighted by atomic mass is 32.2. The van der Waals surface area contributed by atoms with Gasteiger partial charge in [-0.15, -0.1) is 0 Å². The molecule has 37 heavy (non-hydrogen) atoms. The molecule has 1 aliphatic rings. The Morgan fingerprint density at radius 2 is 1.68 bits per heavy atom. The number of anilines is 1. The van der Waals surface area contributed by atoms with Gasteiger partial charge in [-0.05, 0) is 75.3 Å². The van der Waals surface area contributed by atoms with E-state index in [1.807, 2.05) is 56.3 Å². The fourth-order valence-corrected chi connectivity index (χ4v) is 5.80. The summed E-state index contributed by atoms with van der Waals surface area (Å²) in [6.45, 7) is 6.34. The lowest BCUT2D eigenvalue weighted by Gasteiger charge is -2.30. The first-order valence-electron chi connectivity index (χ1n) is 13.2. The van der Waals surface area contributed by atoms with Crippen molar-refractivity contribution in [3.05, 3.63) is 65.2 Å². The predicted octanol–water partition coefficient (Wildman–Crippen LogP) is 4.37. The highest BCUT2D eigenvalue weighted by Gasteiger charge is 2.28. The van der Waals surface area contributed by atoms with Gasteiger partial charge in [0.25, 0.3) is 0 Å². The lowest BCUT2D eigenvalue weighted by molar-refractivity contribution is -0.140. The van der Waals surface area contributed by atoms with Gasteiger partial charge in [-0.1, -0.05) is 49.2 Å². The van der Waals surface area contributed by atoms with Crippen molar-refractivity contribution in [1.82, 2.24) is 10.2 Å². The molecule has 1 aliphatic carbocycles. The van der Waals surface area contributed by atoms with Crippen LogP contribution in [0, 0.1) is 13.8 Å². The molecule has 0 aliphatic heterocycles. The van der Waals surface area contributed by atoms with Crippen molar-refractivity contribution in [3.63, 3.8) is 0 Å². The van der Waals surface area contributed by atoms with Gasteiger partial charge in [0.05, 0.1) is 11.9 Å². The van der Waals surface area contributed by atoms with E-state index < -0.39 is 16.1 Å². The predicted molar refractivity (Wildman–Crippen MR) is 149 cm³/mol. The Kier molecular flexibility index (Phi) is 10.1. The zero-order valence-electron chi connectivity index (χ0n) is 22.6. The fraction of sp³-hybridized carbons (Fsp3) is 0.517. The molecule has 1 saturated carbocycles. The topological polar surface area (TPSA) is 86.8 Å². The van der Waals surface area contributed by atoms with E-state index in [2.05, 4.69) is 5.32 Å². The molecule has 0 unspecified atom stereocenters. The molecule has 0 aromatic heterocycles. The molecule has 202 valence electrons. The van der Waals surface area contributed by atoms with Crippen molar-refractivity contribution in [2.24, 2.45) is 0 Å². The average molecular weight is 528 g/mol. The van der Waals surface area contributed by atoms with Crippen molar-refractivity contribution in [2.45, 2.75) is 77.8 Å². The van der Waals surface area contributed by atoms with Crippen molar-refractivity contribution in [2.75, 3.05) is 23.7 Å². The van der Waals surface area contributed by atoms with Crippen LogP contribution in [0.15, 0.2) is 48.5 Å². The number of hydrogen-bond acceptors (Lipinski definition) is 4. The lowest BCUT2D eigenvalue weighted by atomic mass is 10.1. The molecule has 8 heteroatoms. The minimum Gasteiger partial charge on any atom is -0.352 e. The molecule has 1 atom stereocenters. The number of benzene rings is 2. The summed E-state index contributed by atoms with van der Waals surface area (Å²) in [5.74, 6) is -0.264. The van der Waals surface area contributed by atoms with Gasteiger partial charge in [0.2, 0.25) is 21.8 Å². The van der Waals surface area contributed by atoms with Crippen LogP contribution in [-0.4, -0.2) is 56.6 Å². The quantitative estimate of drug-likeness (QED) is 0.444. The number of sulfonamides is 1. The van der Waals surface area contributed by atoms with E-state index in [-0.39, 0.29) is 30.8 Å². The number of aryl methyl sites for hydroxylation is 2. The number of carbonyl (C=O) groups is 2. The van der Waals surface area contributed by atoms with Crippen molar-refractivity contribution >= 4 is 27.5 Å². The lowest BCUT2D eigenvalue weighted by Crippen LogP contribution is -2.50. The summed E-state index contributed by atoms with van der Waals surface area (Å²) in [5.41, 5.74) is 3.80. The molecule has 0 heterocycles. The number of carbonyl (C=O) groups excluding carboxylic acids is 2. The van der Waals surface area contributed by atoms with E-state index in [1.165, 1.54) is 10.6 Å². The number of rotatable bonds is 12. The van der Waals surface area contributed by atoms with Crippen LogP contribution in [0.25, 0.3) is 0 Å². The maximum absolute atomic E-state index is 13.4. The van der Waals surface area contributed by atoms with Gasteiger partial charge in [-0.25, -0.2) is 8.42 Å². The van der Waals surface area contributed by atoms with Gasteiger partial charge in [0.15, 0.2) is 0 Å². The maximum Gasteiger partial charge on any atom is 0.242 e. The van der Waals surface area contributed by atoms with Gasteiger partial charge < -0.3 is 10.2 Å². The van der Waals surface area contributed by atoms with Crippen LogP contribution in [-0.2, 0) is 26.0 Å². The second-order valence-corrected chi connectivity index (χ2v) is 12.1. The molecule has 2 aromatic rings. The van der Waals surface area contributed by atoms with Crippen LogP contribution >= 0.6 is 0 Å². The second kappa shape index (κ2) is 13.1. The minimum absolute atomic E-state index is 0.124. The molecule has 2 amide bonds. The van der Waals surface area contributed by atoms with Gasteiger partial charge in [-0.3, -0.25) is 13.9 Å². The van der Waals surface area contributed by atoms with Crippen molar-refractivity contribution < 1.29 is 18.0 Å². The maximum atomic E-state index is 13.4. The Morgan fingerprint density at radius 1 is 1.00 bits per heavy atom. The zero-order chi connectivity index (χ0) is 27.0. The first-order valence-corrected chi connectivity index (χ1v) is 15.1. The molecule has 3 rings (SSSR count). The highest BCUT2D eigenvalue weighted by Crippen LogP contribution is 2.22. The van der Waals surface area contributed by atoms with E-state index >= 15 is 0 Å². The monoisotopic (exact) mass is 527 g/mol. The first kappa shape index (κ1) is 28.7. The molecular weight excluding hydrogens is 486 g/mol. The minimum atomic E-state index is -3.51. The van der Waals surface area contributed by atoms with E-state index in [9.17, 15) is 18.0 Å². The molecule has 0 radical (unpaired) electrons. The standard InChI is InChI=1S/C29H41N3O4S/c1-22-16-17-27(21-23(22)2)32(37(4,35)36)19-10-15-28(33)31(20-18-25-11-6-5-7-12-25)24(3)29(34)30-26-13-8-9-14-26/h5-7,11-12,16-17,21,24,26H,8-10,13-15,18-20H2,1-4H3,(H,30,34)/t24-/m0/s1. The van der Waals surface area contributed by atoms with E-state index in [0.717, 1.165) is 42.4 Å². The van der Waals surface area contributed by atoms with E-state index in [4.69, 9.17) is 0 Å². The van der Waals surface area contributed by atoms with Crippen LogP contribution in [0.3, 0.4) is 0 Å². The van der Waals surface area contributed by atoms with Gasteiger partial charge >= 0.3 is 0 Å². The van der Waals surface area contributed by atoms with Crippen LogP contribution in [0.4, 0.5) is 5.69 Å². The summed E-state index contributed by atoms with van der Waals surface area (Å²) in [7, 11) is -3.51. The smallest absolute Gasteiger partial charge is 0.242 e. The first-order chi connectivity index (χ1) is 17.6. The third-order valence-electron chi connectivity index (χ3n) is 7.28. The Bertz CT molecular complexity index is 1160. The summed E-state index contributed by atoms with van der Waals surface area (Å²) >= 11 is 0. The fourth-order valence-electron chi connectivity index (χ4n) is 4.85. The summed E-state index contributed by atoms with van der Waals surface area (Å²) in [4.78, 5) is 28.1. The molecule has 1 fully saturated rings. The number of hydrogen-bond donors (Lipinski definition) is 1. The van der Waals surface area contributed by atoms with Crippen LogP contribution in [0.5, 0.6) is 0 Å². The Labute approximate surface area is 222 Å². The van der Waals surface area contributed by atoms with Crippen LogP contribution in [0.2, 0.25) is 0 Å². The normalized spacial score (nSPS) is 14.8. The van der Waals surface area contributed by atoms with E-state index in [0.29, 0.717) is 25.1 Å². The average Bonchev–Trinajstić information content (AvgIpc) is 3.36. The Balaban J connectivity index is 1.68. The molecule has 0 bridgehead atoms. The van der Waals surface area contributed by atoms with Gasteiger partial charge in [0, 0.05) is 25.6 Å². The Hall–Kier alpha value is -2.87. The largest absolute Gasteiger partial charge is 0.352 e. The SMILES string of the molecule is Cc1ccc(N(CCCC(=O)N(CCc2ccccc2)[C@@H](C)C(=O)NC2CCCC2)S(C)(=O)=O)cc1C. The van der Waals surface area contributed by atoms with Gasteiger partial charge in [0.1, 0.15) is 6.04 Å². The number of nitrogens with one attached hydrogen (secondary N) is 1. The summed E-state index contributed by atoms with van der Waals surface area (Å²) in [6, 6.07) is 15.1. The number of nitrogens with zero attached hydrogens (tertiary/aromatic N) is 2. The Morgan fingerprint density at radius 3 is 2.30 bits per heavy atom. The molecular formula is C29H41N3O4S. The molecule has 1 N–H and O–H groups in total. The van der Waals surface area contributed by atoms with Crippen molar-refractivity contribution in [1.29, 1.82) is 0 Å². The molecule has 0 spiro atoms. The summed E-state index contributed by atoms with van der Waals surface area (Å²) in [5, 5.41) is 3.12. The van der Waals surface area contributed by atoms with Crippen LogP contribution in [0.1, 0.15) is 62.1 Å². The zero-order valence-corrected chi connectivity index (χ0v) is 23.4. The van der Waals surface area contributed by atoms with Crippen molar-refractivity contribution in [3.8, 4) is 0 Å². The molecule has 0 saturated heterocycles. The summed E-state index contributed by atoms with van der Waals surface area (Å²) < 4.78 is 26.4. The van der Waals surface area contributed by atoms with E-state index in [1.54, 1.807) is 17.9 Å². The summed E-state index contributed by atoms with van der Waals surface area (Å²) in [6.07, 6.45) is 6.55. The van der Waals surface area contributed by atoms with Gasteiger partial charge in [-0.2, -0.15) is 0 Å². The third-order valence-corrected chi connectivity index (χ3v) is 8.48. The van der Waals surface area contributed by atoms with Crippen LogP contribution < -0.4 is 9.62 Å². The third kappa shape index (κ3) is 8.32.